The molecule has 1 heterocycles. The Labute approximate surface area is 115 Å². The van der Waals surface area contributed by atoms with Crippen molar-refractivity contribution in [2.75, 3.05) is 0 Å². The predicted molar refractivity (Wildman–Crippen MR) is 77.6 cm³/mol. The van der Waals surface area contributed by atoms with Gasteiger partial charge in [-0.25, -0.2) is 4.98 Å². The SMILES string of the molecule is CC(C)c1nc(CSc2ccc(C=O)cc2)cs1. The summed E-state index contributed by atoms with van der Waals surface area (Å²) in [6.07, 6.45) is 0.865. The van der Waals surface area contributed by atoms with Gasteiger partial charge < -0.3 is 0 Å². The second-order valence-corrected chi connectivity index (χ2v) is 6.25. The van der Waals surface area contributed by atoms with Crippen LogP contribution in [-0.4, -0.2) is 11.3 Å². The maximum absolute atomic E-state index is 10.5. The molecule has 0 amide bonds. The highest BCUT2D eigenvalue weighted by molar-refractivity contribution is 7.98. The lowest BCUT2D eigenvalue weighted by Gasteiger charge is -2.00. The topological polar surface area (TPSA) is 30.0 Å². The van der Waals surface area contributed by atoms with Crippen molar-refractivity contribution in [2.45, 2.75) is 30.4 Å². The molecule has 2 nitrogen and oxygen atoms in total. The van der Waals surface area contributed by atoms with Gasteiger partial charge in [0.2, 0.25) is 0 Å². The van der Waals surface area contributed by atoms with Crippen LogP contribution < -0.4 is 0 Å². The van der Waals surface area contributed by atoms with Crippen molar-refractivity contribution in [1.29, 1.82) is 0 Å². The van der Waals surface area contributed by atoms with E-state index in [-0.39, 0.29) is 0 Å². The second kappa shape index (κ2) is 6.16. The van der Waals surface area contributed by atoms with Gasteiger partial charge in [-0.05, 0) is 12.1 Å². The lowest BCUT2D eigenvalue weighted by molar-refractivity contribution is 0.112. The van der Waals surface area contributed by atoms with Crippen LogP contribution in [0.25, 0.3) is 0 Å². The predicted octanol–water partition coefficient (Wildman–Crippen LogP) is 4.37. The molecule has 1 aromatic heterocycles. The summed E-state index contributed by atoms with van der Waals surface area (Å²) < 4.78 is 0. The molecular weight excluding hydrogens is 262 g/mol. The van der Waals surface area contributed by atoms with Gasteiger partial charge in [0.05, 0.1) is 10.7 Å². The molecule has 0 saturated carbocycles. The van der Waals surface area contributed by atoms with Crippen LogP contribution in [0.2, 0.25) is 0 Å². The molecule has 2 rings (SSSR count). The number of aldehydes is 1. The van der Waals surface area contributed by atoms with Gasteiger partial charge >= 0.3 is 0 Å². The van der Waals surface area contributed by atoms with E-state index < -0.39 is 0 Å². The Morgan fingerprint density at radius 2 is 2.06 bits per heavy atom. The highest BCUT2D eigenvalue weighted by atomic mass is 32.2. The first kappa shape index (κ1) is 13.3. The average Bonchev–Trinajstić information content (AvgIpc) is 2.86. The third kappa shape index (κ3) is 3.43. The Kier molecular flexibility index (Phi) is 4.55. The number of thioether (sulfide) groups is 1. The largest absolute Gasteiger partial charge is 0.298 e. The maximum atomic E-state index is 10.5. The standard InChI is InChI=1S/C14H15NOS2/c1-10(2)14-15-12(9-18-14)8-17-13-5-3-11(7-16)4-6-13/h3-7,9-10H,8H2,1-2H3. The molecule has 0 aliphatic rings. The molecular formula is C14H15NOS2. The minimum Gasteiger partial charge on any atom is -0.298 e. The molecule has 0 N–H and O–H groups in total. The minimum atomic E-state index is 0.501. The summed E-state index contributed by atoms with van der Waals surface area (Å²) in [5, 5.41) is 3.32. The van der Waals surface area contributed by atoms with Crippen molar-refractivity contribution in [1.82, 2.24) is 4.98 Å². The highest BCUT2D eigenvalue weighted by Gasteiger charge is 2.06. The summed E-state index contributed by atoms with van der Waals surface area (Å²) in [6, 6.07) is 7.64. The van der Waals surface area contributed by atoms with Crippen molar-refractivity contribution >= 4 is 29.4 Å². The average molecular weight is 277 g/mol. The van der Waals surface area contributed by atoms with E-state index in [1.54, 1.807) is 23.1 Å². The van der Waals surface area contributed by atoms with Gasteiger partial charge in [-0.2, -0.15) is 0 Å². The number of hydrogen-bond acceptors (Lipinski definition) is 4. The summed E-state index contributed by atoms with van der Waals surface area (Å²) in [5.74, 6) is 1.38. The molecule has 0 radical (unpaired) electrons. The number of nitrogens with zero attached hydrogens (tertiary/aromatic N) is 1. The lowest BCUT2D eigenvalue weighted by Crippen LogP contribution is -1.87. The van der Waals surface area contributed by atoms with E-state index in [9.17, 15) is 4.79 Å². The number of hydrogen-bond donors (Lipinski definition) is 0. The summed E-state index contributed by atoms with van der Waals surface area (Å²) in [6.45, 7) is 4.32. The van der Waals surface area contributed by atoms with E-state index in [0.717, 1.165) is 23.3 Å². The van der Waals surface area contributed by atoms with E-state index in [0.29, 0.717) is 5.92 Å². The van der Waals surface area contributed by atoms with Crippen molar-refractivity contribution in [3.8, 4) is 0 Å². The summed E-state index contributed by atoms with van der Waals surface area (Å²) >= 11 is 3.47. The number of rotatable bonds is 5. The van der Waals surface area contributed by atoms with E-state index in [1.807, 2.05) is 24.3 Å². The molecule has 1 aromatic carbocycles. The van der Waals surface area contributed by atoms with E-state index >= 15 is 0 Å². The number of benzene rings is 1. The first-order chi connectivity index (χ1) is 8.69. The van der Waals surface area contributed by atoms with Crippen LogP contribution in [0.3, 0.4) is 0 Å². The van der Waals surface area contributed by atoms with E-state index in [1.165, 1.54) is 9.90 Å². The van der Waals surface area contributed by atoms with Crippen molar-refractivity contribution < 1.29 is 4.79 Å². The normalized spacial score (nSPS) is 10.8. The third-order valence-corrected chi connectivity index (χ3v) is 4.71. The Balaban J connectivity index is 1.95. The third-order valence-electron chi connectivity index (χ3n) is 2.47. The Bertz CT molecular complexity index is 517. The van der Waals surface area contributed by atoms with E-state index in [4.69, 9.17) is 0 Å². The number of thiazole rings is 1. The lowest BCUT2D eigenvalue weighted by atomic mass is 10.2. The molecule has 0 aliphatic heterocycles. The van der Waals surface area contributed by atoms with Gasteiger partial charge in [-0.1, -0.05) is 26.0 Å². The Morgan fingerprint density at radius 3 is 2.61 bits per heavy atom. The molecule has 2 aromatic rings. The van der Waals surface area contributed by atoms with Gasteiger partial charge in [-0.3, -0.25) is 4.79 Å². The Hall–Kier alpha value is -1.13. The zero-order valence-electron chi connectivity index (χ0n) is 10.4. The molecule has 0 aliphatic carbocycles. The fourth-order valence-corrected chi connectivity index (χ4v) is 3.19. The molecule has 4 heteroatoms. The molecule has 0 bridgehead atoms. The number of carbonyl (C=O) groups excluding carboxylic acids is 1. The maximum Gasteiger partial charge on any atom is 0.150 e. The molecule has 0 fully saturated rings. The second-order valence-electron chi connectivity index (χ2n) is 4.31. The smallest absolute Gasteiger partial charge is 0.150 e. The van der Waals surface area contributed by atoms with Gasteiger partial charge in [0.25, 0.3) is 0 Å². The van der Waals surface area contributed by atoms with Crippen molar-refractivity contribution in [3.63, 3.8) is 0 Å². The monoisotopic (exact) mass is 277 g/mol. The molecule has 94 valence electrons. The van der Waals surface area contributed by atoms with Gasteiger partial charge in [-0.15, -0.1) is 23.1 Å². The first-order valence-electron chi connectivity index (χ1n) is 5.81. The quantitative estimate of drug-likeness (QED) is 0.600. The molecule has 0 spiro atoms. The summed E-state index contributed by atoms with van der Waals surface area (Å²) in [7, 11) is 0. The summed E-state index contributed by atoms with van der Waals surface area (Å²) in [5.41, 5.74) is 1.85. The van der Waals surface area contributed by atoms with Crippen LogP contribution in [0.15, 0.2) is 34.5 Å². The van der Waals surface area contributed by atoms with Crippen LogP contribution in [0.4, 0.5) is 0 Å². The van der Waals surface area contributed by atoms with Crippen LogP contribution >= 0.6 is 23.1 Å². The molecule has 18 heavy (non-hydrogen) atoms. The Morgan fingerprint density at radius 1 is 1.33 bits per heavy atom. The van der Waals surface area contributed by atoms with Crippen molar-refractivity contribution in [3.05, 3.63) is 45.9 Å². The van der Waals surface area contributed by atoms with Crippen LogP contribution in [0, 0.1) is 0 Å². The van der Waals surface area contributed by atoms with Crippen LogP contribution in [0.1, 0.15) is 40.8 Å². The zero-order chi connectivity index (χ0) is 13.0. The summed E-state index contributed by atoms with van der Waals surface area (Å²) in [4.78, 5) is 16.3. The number of carbonyl (C=O) groups is 1. The first-order valence-corrected chi connectivity index (χ1v) is 7.68. The molecule has 0 atom stereocenters. The molecule has 0 saturated heterocycles. The van der Waals surface area contributed by atoms with Gasteiger partial charge in [0.15, 0.2) is 0 Å². The fourth-order valence-electron chi connectivity index (χ4n) is 1.45. The number of aromatic nitrogens is 1. The van der Waals surface area contributed by atoms with Crippen molar-refractivity contribution in [2.24, 2.45) is 0 Å². The highest BCUT2D eigenvalue weighted by Crippen LogP contribution is 2.25. The van der Waals surface area contributed by atoms with Gasteiger partial charge in [0, 0.05) is 27.5 Å². The van der Waals surface area contributed by atoms with Gasteiger partial charge in [0.1, 0.15) is 6.29 Å². The van der Waals surface area contributed by atoms with Crippen LogP contribution in [-0.2, 0) is 5.75 Å². The van der Waals surface area contributed by atoms with Crippen LogP contribution in [0.5, 0.6) is 0 Å². The van der Waals surface area contributed by atoms with E-state index in [2.05, 4.69) is 24.2 Å². The zero-order valence-corrected chi connectivity index (χ0v) is 12.1. The fraction of sp³-hybridized carbons (Fsp3) is 0.286. The molecule has 0 unspecified atom stereocenters. The minimum absolute atomic E-state index is 0.501.